The lowest BCUT2D eigenvalue weighted by molar-refractivity contribution is -0.126. The summed E-state index contributed by atoms with van der Waals surface area (Å²) >= 11 is 0. The van der Waals surface area contributed by atoms with E-state index in [0.717, 1.165) is 57.9 Å². The molecule has 1 saturated heterocycles. The zero-order valence-electron chi connectivity index (χ0n) is 23.3. The molecule has 11 nitrogen and oxygen atoms in total. The van der Waals surface area contributed by atoms with Gasteiger partial charge in [-0.2, -0.15) is 4.98 Å². The number of alkyl halides is 1. The second kappa shape index (κ2) is 11.4. The molecule has 0 unspecified atom stereocenters. The highest BCUT2D eigenvalue weighted by Gasteiger charge is 2.46. The molecule has 1 saturated carbocycles. The Morgan fingerprint density at radius 3 is 2.60 bits per heavy atom. The number of hydrazine groups is 1. The number of aromatic nitrogens is 2. The van der Waals surface area contributed by atoms with E-state index in [1.807, 2.05) is 9.91 Å². The molecule has 214 valence electrons. The summed E-state index contributed by atoms with van der Waals surface area (Å²) in [6.07, 6.45) is 6.47. The maximum absolute atomic E-state index is 15.8. The number of likely N-dealkylation sites (N-methyl/N-ethyl adjacent to an activating group) is 1. The van der Waals surface area contributed by atoms with E-state index < -0.39 is 11.6 Å². The van der Waals surface area contributed by atoms with Crippen molar-refractivity contribution in [1.29, 1.82) is 0 Å². The van der Waals surface area contributed by atoms with Gasteiger partial charge in [0.15, 0.2) is 5.82 Å². The molecule has 1 aliphatic carbocycles. The quantitative estimate of drug-likeness (QED) is 0.502. The average molecular weight is 553 g/mol. The molecule has 0 radical (unpaired) electrons. The van der Waals surface area contributed by atoms with Crippen LogP contribution in [0.15, 0.2) is 37.1 Å². The number of anilines is 4. The fourth-order valence-electron chi connectivity index (χ4n) is 5.51. The van der Waals surface area contributed by atoms with Crippen molar-refractivity contribution in [3.8, 4) is 5.75 Å². The van der Waals surface area contributed by atoms with Gasteiger partial charge in [0.25, 0.3) is 11.8 Å². The molecule has 3 aliphatic rings. The van der Waals surface area contributed by atoms with Gasteiger partial charge in [0.2, 0.25) is 11.6 Å². The number of nitrogens with zero attached hydrogens (tertiary/aromatic N) is 6. The second-order valence-corrected chi connectivity index (χ2v) is 10.7. The zero-order chi connectivity index (χ0) is 28.4. The number of benzene rings is 1. The maximum atomic E-state index is 15.8. The molecule has 1 aromatic heterocycles. The third-order valence-electron chi connectivity index (χ3n) is 8.01. The monoisotopic (exact) mass is 552 g/mol. The Balaban J connectivity index is 1.40. The number of fused-ring (bicyclic) bond motifs is 1. The molecule has 2 aliphatic heterocycles. The van der Waals surface area contributed by atoms with Crippen LogP contribution in [0.5, 0.6) is 5.75 Å². The van der Waals surface area contributed by atoms with Crippen LogP contribution in [0.25, 0.3) is 0 Å². The van der Waals surface area contributed by atoms with Crippen LogP contribution in [-0.2, 0) is 4.79 Å². The van der Waals surface area contributed by atoms with Crippen molar-refractivity contribution < 1.29 is 18.7 Å². The van der Waals surface area contributed by atoms with Crippen molar-refractivity contribution in [2.75, 3.05) is 69.0 Å². The molecular weight excluding hydrogens is 515 g/mol. The number of carbonyl (C=O) groups excluding carboxylic acids is 2. The minimum absolute atomic E-state index is 0.0588. The summed E-state index contributed by atoms with van der Waals surface area (Å²) in [5.74, 6) is 0.288. The number of ether oxygens (including phenoxy) is 1. The van der Waals surface area contributed by atoms with Crippen LogP contribution in [0.4, 0.5) is 27.5 Å². The molecule has 1 atom stereocenters. The van der Waals surface area contributed by atoms with Crippen LogP contribution in [-0.4, -0.2) is 97.3 Å². The average Bonchev–Trinajstić information content (AvgIpc) is 3.49. The Labute approximate surface area is 234 Å². The van der Waals surface area contributed by atoms with Crippen LogP contribution < -0.4 is 25.3 Å². The molecule has 2 aromatic rings. The summed E-state index contributed by atoms with van der Waals surface area (Å²) in [7, 11) is 5.12. The smallest absolute Gasteiger partial charge is 0.270 e. The highest BCUT2D eigenvalue weighted by atomic mass is 19.1. The molecule has 5 rings (SSSR count). The summed E-state index contributed by atoms with van der Waals surface area (Å²) < 4.78 is 21.4. The Morgan fingerprint density at radius 1 is 1.20 bits per heavy atom. The van der Waals surface area contributed by atoms with E-state index >= 15 is 4.39 Å². The molecule has 40 heavy (non-hydrogen) atoms. The number of carbonyl (C=O) groups is 2. The van der Waals surface area contributed by atoms with Gasteiger partial charge in [0.1, 0.15) is 11.4 Å². The van der Waals surface area contributed by atoms with Gasteiger partial charge in [-0.1, -0.05) is 19.4 Å². The Hall–Kier alpha value is -3.77. The van der Waals surface area contributed by atoms with E-state index in [9.17, 15) is 9.59 Å². The van der Waals surface area contributed by atoms with Gasteiger partial charge in [-0.15, -0.1) is 0 Å². The third kappa shape index (κ3) is 5.46. The molecule has 12 heteroatoms. The van der Waals surface area contributed by atoms with E-state index in [4.69, 9.17) is 9.72 Å². The van der Waals surface area contributed by atoms with E-state index in [0.29, 0.717) is 28.5 Å². The first-order chi connectivity index (χ1) is 19.2. The Morgan fingerprint density at radius 2 is 1.93 bits per heavy atom. The lowest BCUT2D eigenvalue weighted by Crippen LogP contribution is -2.52. The molecule has 2 amide bonds. The number of methoxy groups -OCH3 is 1. The zero-order valence-corrected chi connectivity index (χ0v) is 23.3. The van der Waals surface area contributed by atoms with Gasteiger partial charge < -0.3 is 24.8 Å². The third-order valence-corrected chi connectivity index (χ3v) is 8.01. The van der Waals surface area contributed by atoms with Gasteiger partial charge in [-0.25, -0.2) is 14.4 Å². The summed E-state index contributed by atoms with van der Waals surface area (Å²) in [4.78, 5) is 40.5. The molecule has 1 aromatic carbocycles. The summed E-state index contributed by atoms with van der Waals surface area (Å²) in [6.45, 7) is 6.73. The van der Waals surface area contributed by atoms with Gasteiger partial charge in [-0.05, 0) is 44.2 Å². The van der Waals surface area contributed by atoms with Crippen molar-refractivity contribution >= 4 is 35.0 Å². The topological polar surface area (TPSA) is 106 Å². The largest absolute Gasteiger partial charge is 0.495 e. The molecular formula is C28H37FN8O3. The number of rotatable bonds is 7. The minimum atomic E-state index is -2.24. The number of piperazine rings is 1. The number of amides is 2. The Bertz CT molecular complexity index is 1280. The molecule has 0 bridgehead atoms. The fourth-order valence-corrected chi connectivity index (χ4v) is 5.51. The van der Waals surface area contributed by atoms with E-state index in [2.05, 4.69) is 34.3 Å². The number of hydrogen-bond acceptors (Lipinski definition) is 9. The summed E-state index contributed by atoms with van der Waals surface area (Å²) in [5.41, 5.74) is 2.18. The van der Waals surface area contributed by atoms with Gasteiger partial charge >= 0.3 is 0 Å². The minimum Gasteiger partial charge on any atom is -0.495 e. The highest BCUT2D eigenvalue weighted by molar-refractivity contribution is 6.04. The van der Waals surface area contributed by atoms with Crippen molar-refractivity contribution in [2.24, 2.45) is 0 Å². The first-order valence-corrected chi connectivity index (χ1v) is 13.7. The standard InChI is InChI=1S/C28H37FN8O3/c1-5-28(29)18-37(20-8-6-7-9-20)24-22(35(3)26(28)39)17-30-27(32-24)31-21-11-10-19(16-23(21)40-4)25(38)33-36-14-12-34(2)13-15-36/h5,10-11,16-17,20H,1,6-9,12-15,18H2,2-4H3,(H,33,38)(H,30,31,32)/t28-/m1/s1. The normalized spacial score (nSPS) is 22.6. The molecule has 2 fully saturated rings. The molecule has 3 heterocycles. The van der Waals surface area contributed by atoms with Crippen molar-refractivity contribution in [3.05, 3.63) is 42.6 Å². The first-order valence-electron chi connectivity index (χ1n) is 13.7. The van der Waals surface area contributed by atoms with E-state index in [1.54, 1.807) is 18.2 Å². The lowest BCUT2D eigenvalue weighted by atomic mass is 10.0. The number of hydrogen-bond donors (Lipinski definition) is 2. The van der Waals surface area contributed by atoms with Crippen LogP contribution in [0.2, 0.25) is 0 Å². The van der Waals surface area contributed by atoms with Crippen molar-refractivity contribution in [2.45, 2.75) is 37.4 Å². The van der Waals surface area contributed by atoms with Gasteiger partial charge in [0, 0.05) is 44.8 Å². The lowest BCUT2D eigenvalue weighted by Gasteiger charge is -2.32. The second-order valence-electron chi connectivity index (χ2n) is 10.7. The predicted molar refractivity (Wildman–Crippen MR) is 152 cm³/mol. The van der Waals surface area contributed by atoms with Gasteiger partial charge in [-0.3, -0.25) is 15.0 Å². The van der Waals surface area contributed by atoms with E-state index in [-0.39, 0.29) is 24.4 Å². The van der Waals surface area contributed by atoms with Gasteiger partial charge in [0.05, 0.1) is 25.5 Å². The number of halogens is 1. The Kier molecular flexibility index (Phi) is 7.90. The molecule has 2 N–H and O–H groups in total. The van der Waals surface area contributed by atoms with Crippen LogP contribution in [0, 0.1) is 0 Å². The van der Waals surface area contributed by atoms with Crippen molar-refractivity contribution in [3.63, 3.8) is 0 Å². The maximum Gasteiger partial charge on any atom is 0.270 e. The summed E-state index contributed by atoms with van der Waals surface area (Å²) in [5, 5.41) is 5.10. The predicted octanol–water partition coefficient (Wildman–Crippen LogP) is 2.74. The number of nitrogens with one attached hydrogen (secondary N) is 2. The van der Waals surface area contributed by atoms with Crippen molar-refractivity contribution in [1.82, 2.24) is 25.3 Å². The molecule has 0 spiro atoms. The van der Waals surface area contributed by atoms with Crippen LogP contribution >= 0.6 is 0 Å². The first kappa shape index (κ1) is 27.8. The van der Waals surface area contributed by atoms with E-state index in [1.165, 1.54) is 25.3 Å². The van der Waals surface area contributed by atoms with Crippen LogP contribution in [0.1, 0.15) is 36.0 Å². The fraction of sp³-hybridized carbons (Fsp3) is 0.500. The summed E-state index contributed by atoms with van der Waals surface area (Å²) in [6, 6.07) is 5.17. The van der Waals surface area contributed by atoms with Crippen LogP contribution in [0.3, 0.4) is 0 Å². The highest BCUT2D eigenvalue weighted by Crippen LogP contribution is 2.40. The SMILES string of the molecule is C=C[C@@]1(F)CN(C2CCCC2)c2nc(Nc3ccc(C(=O)NN4CCN(C)CC4)cc3OC)ncc2N(C)C1=O.